The van der Waals surface area contributed by atoms with E-state index in [1.807, 2.05) is 57.2 Å². The van der Waals surface area contributed by atoms with Crippen molar-refractivity contribution >= 4 is 35.6 Å². The maximum absolute atomic E-state index is 5.88. The van der Waals surface area contributed by atoms with E-state index in [9.17, 15) is 0 Å². The summed E-state index contributed by atoms with van der Waals surface area (Å²) in [6.07, 6.45) is 1.87. The number of hydrogen-bond donors (Lipinski definition) is 2. The second-order valence-corrected chi connectivity index (χ2v) is 5.36. The van der Waals surface area contributed by atoms with Crippen LogP contribution in [0, 0.1) is 6.92 Å². The molecule has 0 aliphatic rings. The molecule has 0 fully saturated rings. The van der Waals surface area contributed by atoms with Crippen LogP contribution in [0.1, 0.15) is 25.0 Å². The summed E-state index contributed by atoms with van der Waals surface area (Å²) in [5.41, 5.74) is 8.98. The van der Waals surface area contributed by atoms with Gasteiger partial charge in [-0.3, -0.25) is 0 Å². The first-order valence-electron chi connectivity index (χ1n) is 7.28. The fourth-order valence-corrected chi connectivity index (χ4v) is 1.82. The molecule has 1 aromatic heterocycles. The Hall–Kier alpha value is -1.83. The number of nitrogens with zero attached hydrogens (tertiary/aromatic N) is 2. The summed E-state index contributed by atoms with van der Waals surface area (Å²) in [6.45, 7) is 6.45. The van der Waals surface area contributed by atoms with E-state index in [0.29, 0.717) is 18.4 Å². The highest BCUT2D eigenvalue weighted by Gasteiger charge is 2.00. The lowest BCUT2D eigenvalue weighted by Gasteiger charge is -2.08. The first kappa shape index (κ1) is 19.2. The Bertz CT molecular complexity index is 624. The van der Waals surface area contributed by atoms with Crippen molar-refractivity contribution in [2.75, 3.05) is 5.32 Å². The van der Waals surface area contributed by atoms with E-state index in [2.05, 4.69) is 15.3 Å². The van der Waals surface area contributed by atoms with Gasteiger partial charge in [0.05, 0.1) is 12.6 Å². The fourth-order valence-electron chi connectivity index (χ4n) is 1.82. The van der Waals surface area contributed by atoms with Gasteiger partial charge >= 0.3 is 0 Å². The number of aromatic nitrogens is 1. The lowest BCUT2D eigenvalue weighted by molar-refractivity contribution is 0.232. The molecule has 1 aromatic carbocycles. The number of aryl methyl sites for hydroxylation is 1. The smallest absolute Gasteiger partial charge is 0.213 e. The first-order valence-corrected chi connectivity index (χ1v) is 7.28. The standard InChI is InChI=1S/C17H22N4O.HI/c1-12(2)22-16-9-6-14(10-19-16)11-20-17(18)21-15-7-4-13(3)5-8-15;/h4-10,12H,11H2,1-3H3,(H3,18,20,21);1H. The second-order valence-electron chi connectivity index (χ2n) is 5.36. The van der Waals surface area contributed by atoms with E-state index in [1.54, 1.807) is 6.20 Å². The number of pyridine rings is 1. The average Bonchev–Trinajstić information content (AvgIpc) is 2.48. The van der Waals surface area contributed by atoms with Crippen molar-refractivity contribution < 1.29 is 4.74 Å². The van der Waals surface area contributed by atoms with Gasteiger partial charge in [0.1, 0.15) is 0 Å². The lowest BCUT2D eigenvalue weighted by atomic mass is 10.2. The van der Waals surface area contributed by atoms with Gasteiger partial charge < -0.3 is 15.8 Å². The van der Waals surface area contributed by atoms with Crippen LogP contribution in [0.4, 0.5) is 5.69 Å². The van der Waals surface area contributed by atoms with Gasteiger partial charge in [-0.1, -0.05) is 23.8 Å². The second kappa shape index (κ2) is 9.34. The lowest BCUT2D eigenvalue weighted by Crippen LogP contribution is -2.22. The number of hydrogen-bond acceptors (Lipinski definition) is 3. The molecular formula is C17H23IN4O. The van der Waals surface area contributed by atoms with Gasteiger partial charge in [-0.25, -0.2) is 9.98 Å². The molecule has 0 saturated carbocycles. The highest BCUT2D eigenvalue weighted by atomic mass is 127. The molecule has 23 heavy (non-hydrogen) atoms. The Morgan fingerprint density at radius 2 is 1.91 bits per heavy atom. The zero-order chi connectivity index (χ0) is 15.9. The molecule has 124 valence electrons. The van der Waals surface area contributed by atoms with E-state index >= 15 is 0 Å². The van der Waals surface area contributed by atoms with Gasteiger partial charge in [0.15, 0.2) is 5.96 Å². The van der Waals surface area contributed by atoms with E-state index in [0.717, 1.165) is 11.3 Å². The van der Waals surface area contributed by atoms with Crippen LogP contribution in [0.2, 0.25) is 0 Å². The van der Waals surface area contributed by atoms with Gasteiger partial charge in [-0.15, -0.1) is 24.0 Å². The predicted molar refractivity (Wildman–Crippen MR) is 106 cm³/mol. The average molecular weight is 426 g/mol. The highest BCUT2D eigenvalue weighted by molar-refractivity contribution is 14.0. The van der Waals surface area contributed by atoms with E-state index in [1.165, 1.54) is 5.56 Å². The minimum absolute atomic E-state index is 0. The molecule has 3 N–H and O–H groups in total. The third kappa shape index (κ3) is 6.85. The molecule has 6 heteroatoms. The minimum Gasteiger partial charge on any atom is -0.475 e. The largest absolute Gasteiger partial charge is 0.475 e. The van der Waals surface area contributed by atoms with E-state index in [4.69, 9.17) is 10.5 Å². The quantitative estimate of drug-likeness (QED) is 0.434. The van der Waals surface area contributed by atoms with Gasteiger partial charge in [-0.05, 0) is 38.5 Å². The summed E-state index contributed by atoms with van der Waals surface area (Å²) in [4.78, 5) is 8.54. The number of ether oxygens (including phenoxy) is 1. The molecule has 1 heterocycles. The van der Waals surface area contributed by atoms with Crippen molar-refractivity contribution in [3.8, 4) is 5.88 Å². The third-order valence-electron chi connectivity index (χ3n) is 2.91. The van der Waals surface area contributed by atoms with Crippen LogP contribution in [0.3, 0.4) is 0 Å². The molecule has 0 atom stereocenters. The van der Waals surface area contributed by atoms with Crippen LogP contribution in [0.5, 0.6) is 5.88 Å². The third-order valence-corrected chi connectivity index (χ3v) is 2.91. The van der Waals surface area contributed by atoms with Gasteiger partial charge in [0, 0.05) is 18.0 Å². The molecule has 0 saturated heterocycles. The highest BCUT2D eigenvalue weighted by Crippen LogP contribution is 2.11. The minimum atomic E-state index is 0. The van der Waals surface area contributed by atoms with Crippen LogP contribution >= 0.6 is 24.0 Å². The normalized spacial score (nSPS) is 11.0. The number of halogens is 1. The zero-order valence-electron chi connectivity index (χ0n) is 13.6. The Morgan fingerprint density at radius 3 is 2.48 bits per heavy atom. The van der Waals surface area contributed by atoms with Crippen molar-refractivity contribution in [3.63, 3.8) is 0 Å². The molecule has 0 aliphatic heterocycles. The van der Waals surface area contributed by atoms with Crippen molar-refractivity contribution in [3.05, 3.63) is 53.7 Å². The molecule has 0 spiro atoms. The molecule has 0 aliphatic carbocycles. The monoisotopic (exact) mass is 426 g/mol. The van der Waals surface area contributed by atoms with Crippen molar-refractivity contribution in [1.29, 1.82) is 0 Å². The summed E-state index contributed by atoms with van der Waals surface area (Å²) in [5.74, 6) is 1.000. The topological polar surface area (TPSA) is 72.5 Å². The Labute approximate surface area is 154 Å². The van der Waals surface area contributed by atoms with Gasteiger partial charge in [0.2, 0.25) is 5.88 Å². The Balaban J connectivity index is 0.00000264. The molecule has 5 nitrogen and oxygen atoms in total. The first-order chi connectivity index (χ1) is 10.5. The Morgan fingerprint density at radius 1 is 1.22 bits per heavy atom. The van der Waals surface area contributed by atoms with Crippen molar-refractivity contribution in [2.45, 2.75) is 33.4 Å². The van der Waals surface area contributed by atoms with Crippen LogP contribution in [-0.4, -0.2) is 17.0 Å². The molecular weight excluding hydrogens is 403 g/mol. The van der Waals surface area contributed by atoms with Crippen LogP contribution in [0.25, 0.3) is 0 Å². The Kier molecular flexibility index (Phi) is 7.80. The van der Waals surface area contributed by atoms with Crippen LogP contribution in [-0.2, 0) is 6.54 Å². The predicted octanol–water partition coefficient (Wildman–Crippen LogP) is 3.72. The van der Waals surface area contributed by atoms with Gasteiger partial charge in [-0.2, -0.15) is 0 Å². The van der Waals surface area contributed by atoms with E-state index < -0.39 is 0 Å². The molecule has 0 bridgehead atoms. The summed E-state index contributed by atoms with van der Waals surface area (Å²) in [5, 5.41) is 3.06. The molecule has 2 aromatic rings. The maximum Gasteiger partial charge on any atom is 0.213 e. The zero-order valence-corrected chi connectivity index (χ0v) is 15.9. The molecule has 0 amide bonds. The summed E-state index contributed by atoms with van der Waals surface area (Å²) < 4.78 is 5.50. The number of benzene rings is 1. The fraction of sp³-hybridized carbons (Fsp3) is 0.294. The van der Waals surface area contributed by atoms with Crippen LogP contribution < -0.4 is 15.8 Å². The molecule has 0 radical (unpaired) electrons. The number of nitrogens with two attached hydrogens (primary N) is 1. The van der Waals surface area contributed by atoms with Gasteiger partial charge in [0.25, 0.3) is 0 Å². The number of rotatable bonds is 5. The van der Waals surface area contributed by atoms with Crippen molar-refractivity contribution in [2.24, 2.45) is 10.7 Å². The SMILES string of the molecule is Cc1ccc(NC(N)=NCc2ccc(OC(C)C)nc2)cc1.I. The number of anilines is 1. The summed E-state index contributed by atoms with van der Waals surface area (Å²) in [7, 11) is 0. The molecule has 0 unspecified atom stereocenters. The van der Waals surface area contributed by atoms with E-state index in [-0.39, 0.29) is 30.1 Å². The maximum atomic E-state index is 5.88. The van der Waals surface area contributed by atoms with Crippen molar-refractivity contribution in [1.82, 2.24) is 4.98 Å². The number of guanidine groups is 1. The number of nitrogens with one attached hydrogen (secondary N) is 1. The summed E-state index contributed by atoms with van der Waals surface area (Å²) in [6, 6.07) is 11.8. The summed E-state index contributed by atoms with van der Waals surface area (Å²) >= 11 is 0. The van der Waals surface area contributed by atoms with Crippen LogP contribution in [0.15, 0.2) is 47.6 Å². The molecule has 2 rings (SSSR count). The number of aliphatic imine (C=N–C) groups is 1.